The van der Waals surface area contributed by atoms with Crippen molar-refractivity contribution in [1.82, 2.24) is 4.90 Å². The van der Waals surface area contributed by atoms with E-state index in [1.54, 1.807) is 6.26 Å². The van der Waals surface area contributed by atoms with E-state index in [1.807, 2.05) is 6.07 Å². The molecule has 2 N–H and O–H groups in total. The summed E-state index contributed by atoms with van der Waals surface area (Å²) in [4.78, 5) is 2.54. The Hall–Kier alpha value is -0.800. The van der Waals surface area contributed by atoms with Crippen molar-refractivity contribution in [2.24, 2.45) is 11.7 Å². The van der Waals surface area contributed by atoms with Crippen LogP contribution in [-0.2, 0) is 0 Å². The molecule has 1 aromatic rings. The van der Waals surface area contributed by atoms with Crippen LogP contribution in [0.5, 0.6) is 0 Å². The fourth-order valence-electron chi connectivity index (χ4n) is 2.87. The van der Waals surface area contributed by atoms with Gasteiger partial charge in [-0.05, 0) is 50.8 Å². The minimum atomic E-state index is 0.298. The summed E-state index contributed by atoms with van der Waals surface area (Å²) in [6, 6.07) is 4.78. The highest BCUT2D eigenvalue weighted by Crippen LogP contribution is 2.30. The molecule has 1 saturated heterocycles. The fourth-order valence-corrected chi connectivity index (χ4v) is 2.87. The molecule has 96 valence electrons. The number of piperidine rings is 1. The van der Waals surface area contributed by atoms with Crippen LogP contribution in [-0.4, -0.2) is 24.0 Å². The van der Waals surface area contributed by atoms with Gasteiger partial charge in [0.05, 0.1) is 12.3 Å². The van der Waals surface area contributed by atoms with Crippen molar-refractivity contribution < 1.29 is 4.42 Å². The Morgan fingerprint density at radius 3 is 3.00 bits per heavy atom. The van der Waals surface area contributed by atoms with Gasteiger partial charge >= 0.3 is 0 Å². The SMILES string of the molecule is CCC(c1ccco1)N1CCCC(C(C)N)C1. The van der Waals surface area contributed by atoms with E-state index in [0.29, 0.717) is 18.0 Å². The number of furan rings is 1. The summed E-state index contributed by atoms with van der Waals surface area (Å²) in [6.07, 6.45) is 5.39. The molecule has 0 bridgehead atoms. The Balaban J connectivity index is 2.04. The average Bonchev–Trinajstić information content (AvgIpc) is 2.84. The summed E-state index contributed by atoms with van der Waals surface area (Å²) < 4.78 is 5.56. The second-order valence-electron chi connectivity index (χ2n) is 5.20. The summed E-state index contributed by atoms with van der Waals surface area (Å²) in [5.41, 5.74) is 6.04. The summed E-state index contributed by atoms with van der Waals surface area (Å²) in [5.74, 6) is 1.73. The topological polar surface area (TPSA) is 42.4 Å². The molecule has 3 heteroatoms. The minimum absolute atomic E-state index is 0.298. The van der Waals surface area contributed by atoms with Crippen LogP contribution in [0.2, 0.25) is 0 Å². The zero-order chi connectivity index (χ0) is 12.3. The minimum Gasteiger partial charge on any atom is -0.468 e. The molecule has 0 saturated carbocycles. The molecule has 1 aromatic heterocycles. The summed E-state index contributed by atoms with van der Waals surface area (Å²) in [5, 5.41) is 0. The van der Waals surface area contributed by atoms with Gasteiger partial charge in [0.2, 0.25) is 0 Å². The maximum atomic E-state index is 6.04. The molecule has 3 unspecified atom stereocenters. The third-order valence-electron chi connectivity index (χ3n) is 3.93. The molecule has 2 rings (SSSR count). The van der Waals surface area contributed by atoms with Crippen LogP contribution in [0.25, 0.3) is 0 Å². The van der Waals surface area contributed by atoms with Crippen molar-refractivity contribution in [3.8, 4) is 0 Å². The number of nitrogens with zero attached hydrogens (tertiary/aromatic N) is 1. The number of rotatable bonds is 4. The van der Waals surface area contributed by atoms with E-state index < -0.39 is 0 Å². The molecular formula is C14H24N2O. The second-order valence-corrected chi connectivity index (χ2v) is 5.20. The van der Waals surface area contributed by atoms with E-state index in [2.05, 4.69) is 24.8 Å². The van der Waals surface area contributed by atoms with Gasteiger partial charge in [-0.25, -0.2) is 0 Å². The molecule has 0 amide bonds. The Kier molecular flexibility index (Phi) is 4.24. The van der Waals surface area contributed by atoms with Gasteiger partial charge in [0.1, 0.15) is 5.76 Å². The zero-order valence-corrected chi connectivity index (χ0v) is 10.9. The number of likely N-dealkylation sites (tertiary alicyclic amines) is 1. The van der Waals surface area contributed by atoms with Crippen LogP contribution in [0.4, 0.5) is 0 Å². The van der Waals surface area contributed by atoms with Crippen LogP contribution in [0.1, 0.15) is 44.9 Å². The molecular weight excluding hydrogens is 212 g/mol. The van der Waals surface area contributed by atoms with Crippen molar-refractivity contribution in [3.05, 3.63) is 24.2 Å². The lowest BCUT2D eigenvalue weighted by Gasteiger charge is -2.38. The smallest absolute Gasteiger partial charge is 0.120 e. The maximum absolute atomic E-state index is 6.04. The van der Waals surface area contributed by atoms with Crippen molar-refractivity contribution in [3.63, 3.8) is 0 Å². The molecule has 0 aromatic carbocycles. The first-order valence-electron chi connectivity index (χ1n) is 6.75. The second kappa shape index (κ2) is 5.69. The summed E-state index contributed by atoms with van der Waals surface area (Å²) >= 11 is 0. The van der Waals surface area contributed by atoms with E-state index in [9.17, 15) is 0 Å². The highest BCUT2D eigenvalue weighted by molar-refractivity contribution is 5.05. The molecule has 0 spiro atoms. The van der Waals surface area contributed by atoms with E-state index >= 15 is 0 Å². The lowest BCUT2D eigenvalue weighted by molar-refractivity contribution is 0.0984. The molecule has 1 aliphatic heterocycles. The Morgan fingerprint density at radius 1 is 1.59 bits per heavy atom. The Labute approximate surface area is 104 Å². The van der Waals surface area contributed by atoms with Crippen molar-refractivity contribution in [2.45, 2.75) is 45.2 Å². The molecule has 3 nitrogen and oxygen atoms in total. The molecule has 2 heterocycles. The van der Waals surface area contributed by atoms with Gasteiger partial charge in [0, 0.05) is 12.6 Å². The lowest BCUT2D eigenvalue weighted by atomic mass is 9.90. The van der Waals surface area contributed by atoms with E-state index in [-0.39, 0.29) is 0 Å². The predicted molar refractivity (Wildman–Crippen MR) is 69.7 cm³/mol. The van der Waals surface area contributed by atoms with Crippen molar-refractivity contribution in [1.29, 1.82) is 0 Å². The Morgan fingerprint density at radius 2 is 2.41 bits per heavy atom. The first-order chi connectivity index (χ1) is 8.22. The normalized spacial score (nSPS) is 25.7. The van der Waals surface area contributed by atoms with Gasteiger partial charge in [-0.2, -0.15) is 0 Å². The van der Waals surface area contributed by atoms with Gasteiger partial charge in [-0.15, -0.1) is 0 Å². The standard InChI is InChI=1S/C14H24N2O/c1-3-13(14-7-5-9-17-14)16-8-4-6-12(10-16)11(2)15/h5,7,9,11-13H,3-4,6,8,10,15H2,1-2H3. The highest BCUT2D eigenvalue weighted by Gasteiger charge is 2.28. The first kappa shape index (κ1) is 12.7. The van der Waals surface area contributed by atoms with Gasteiger partial charge in [-0.1, -0.05) is 6.92 Å². The van der Waals surface area contributed by atoms with Gasteiger partial charge in [0.25, 0.3) is 0 Å². The molecule has 1 aliphatic rings. The molecule has 17 heavy (non-hydrogen) atoms. The molecule has 1 fully saturated rings. The molecule has 3 atom stereocenters. The zero-order valence-electron chi connectivity index (χ0n) is 10.9. The van der Waals surface area contributed by atoms with Crippen LogP contribution < -0.4 is 5.73 Å². The summed E-state index contributed by atoms with van der Waals surface area (Å²) in [7, 11) is 0. The fraction of sp³-hybridized carbons (Fsp3) is 0.714. The van der Waals surface area contributed by atoms with E-state index in [1.165, 1.54) is 19.4 Å². The average molecular weight is 236 g/mol. The quantitative estimate of drug-likeness (QED) is 0.874. The van der Waals surface area contributed by atoms with Gasteiger partial charge in [-0.3, -0.25) is 4.90 Å². The summed E-state index contributed by atoms with van der Waals surface area (Å²) in [6.45, 7) is 6.63. The van der Waals surface area contributed by atoms with E-state index in [0.717, 1.165) is 18.7 Å². The van der Waals surface area contributed by atoms with Gasteiger partial charge < -0.3 is 10.2 Å². The van der Waals surface area contributed by atoms with E-state index in [4.69, 9.17) is 10.2 Å². The predicted octanol–water partition coefficient (Wildman–Crippen LogP) is 2.79. The molecule has 0 aliphatic carbocycles. The van der Waals surface area contributed by atoms with Crippen molar-refractivity contribution in [2.75, 3.05) is 13.1 Å². The monoisotopic (exact) mass is 236 g/mol. The third-order valence-corrected chi connectivity index (χ3v) is 3.93. The third kappa shape index (κ3) is 2.90. The lowest BCUT2D eigenvalue weighted by Crippen LogP contribution is -2.43. The van der Waals surface area contributed by atoms with Crippen molar-refractivity contribution >= 4 is 0 Å². The molecule has 0 radical (unpaired) electrons. The van der Waals surface area contributed by atoms with Crippen LogP contribution in [0.15, 0.2) is 22.8 Å². The number of nitrogens with two attached hydrogens (primary N) is 1. The van der Waals surface area contributed by atoms with Gasteiger partial charge in [0.15, 0.2) is 0 Å². The first-order valence-corrected chi connectivity index (χ1v) is 6.75. The number of hydrogen-bond donors (Lipinski definition) is 1. The van der Waals surface area contributed by atoms with Crippen LogP contribution >= 0.6 is 0 Å². The van der Waals surface area contributed by atoms with Crippen LogP contribution in [0.3, 0.4) is 0 Å². The maximum Gasteiger partial charge on any atom is 0.120 e. The Bertz CT molecular complexity index is 321. The highest BCUT2D eigenvalue weighted by atomic mass is 16.3. The van der Waals surface area contributed by atoms with Crippen LogP contribution in [0, 0.1) is 5.92 Å². The number of hydrogen-bond acceptors (Lipinski definition) is 3. The largest absolute Gasteiger partial charge is 0.468 e.